The third-order valence-corrected chi connectivity index (χ3v) is 2.65. The summed E-state index contributed by atoms with van der Waals surface area (Å²) >= 11 is 0. The van der Waals surface area contributed by atoms with Gasteiger partial charge in [-0.05, 0) is 41.5 Å². The second-order valence-electron chi connectivity index (χ2n) is 9.23. The zero-order valence-corrected chi connectivity index (χ0v) is 20.4. The Kier molecular flexibility index (Phi) is 18.4. The molecule has 25 heavy (non-hydrogen) atoms. The predicted octanol–water partition coefficient (Wildman–Crippen LogP) is 6.13. The first kappa shape index (κ1) is 32.6. The van der Waals surface area contributed by atoms with Crippen molar-refractivity contribution in [3.8, 4) is 0 Å². The first-order chi connectivity index (χ1) is 10.3. The molecule has 0 aromatic carbocycles. The van der Waals surface area contributed by atoms with Crippen molar-refractivity contribution in [1.82, 2.24) is 0 Å². The largest absolute Gasteiger partial charge is 2.00 e. The van der Waals surface area contributed by atoms with Crippen LogP contribution in [0.3, 0.4) is 0 Å². The van der Waals surface area contributed by atoms with E-state index in [2.05, 4.69) is 52.2 Å². The van der Waals surface area contributed by atoms with E-state index in [1.54, 1.807) is 41.5 Å². The van der Waals surface area contributed by atoms with Crippen molar-refractivity contribution in [3.05, 3.63) is 23.0 Å². The van der Waals surface area contributed by atoms with Crippen molar-refractivity contribution in [2.45, 2.75) is 118 Å². The molecule has 0 heterocycles. The van der Waals surface area contributed by atoms with E-state index in [0.717, 1.165) is 12.8 Å². The van der Waals surface area contributed by atoms with E-state index in [0.29, 0.717) is 0 Å². The van der Waals surface area contributed by atoms with Crippen LogP contribution in [0, 0.1) is 0 Å². The van der Waals surface area contributed by atoms with Crippen LogP contribution in [-0.4, -0.2) is 32.5 Å². The van der Waals surface area contributed by atoms with Gasteiger partial charge in [-0.1, -0.05) is 54.4 Å². The van der Waals surface area contributed by atoms with Crippen LogP contribution in [0.15, 0.2) is 12.4 Å². The van der Waals surface area contributed by atoms with E-state index < -0.39 is 11.2 Å². The first-order valence-corrected chi connectivity index (χ1v) is 8.87. The minimum Gasteiger partial charge on any atom is -0.687 e. The Morgan fingerprint density at radius 3 is 0.880 bits per heavy atom. The van der Waals surface area contributed by atoms with E-state index in [4.69, 9.17) is 10.2 Å². The molecule has 0 saturated carbocycles. The van der Waals surface area contributed by atoms with Crippen molar-refractivity contribution in [2.24, 2.45) is 0 Å². The van der Waals surface area contributed by atoms with Gasteiger partial charge in [-0.2, -0.15) is 0 Å². The Bertz CT molecular complexity index is 284. The van der Waals surface area contributed by atoms with Crippen LogP contribution in [0.25, 0.3) is 10.6 Å². The molecule has 0 spiro atoms. The van der Waals surface area contributed by atoms with Gasteiger partial charge >= 0.3 is 21.7 Å². The van der Waals surface area contributed by atoms with Gasteiger partial charge in [0.2, 0.25) is 0 Å². The summed E-state index contributed by atoms with van der Waals surface area (Å²) in [6.45, 7) is 23.3. The van der Waals surface area contributed by atoms with Gasteiger partial charge in [-0.15, -0.1) is 11.1 Å². The van der Waals surface area contributed by atoms with Gasteiger partial charge in [0.15, 0.2) is 0 Å². The van der Waals surface area contributed by atoms with Crippen molar-refractivity contribution >= 4 is 0 Å². The molecule has 0 amide bonds. The molecule has 4 nitrogen and oxygen atoms in total. The minimum atomic E-state index is -0.500. The van der Waals surface area contributed by atoms with E-state index in [9.17, 15) is 0 Å². The summed E-state index contributed by atoms with van der Waals surface area (Å²) in [4.78, 5) is 0. The van der Waals surface area contributed by atoms with Gasteiger partial charge < -0.3 is 20.8 Å². The maximum Gasteiger partial charge on any atom is 2.00 e. The molecule has 0 aromatic rings. The maximum atomic E-state index is 8.52. The number of aliphatic hydroxyl groups is 2. The number of hydrogen-bond acceptors (Lipinski definition) is 2. The van der Waals surface area contributed by atoms with Crippen LogP contribution >= 0.6 is 0 Å². The summed E-state index contributed by atoms with van der Waals surface area (Å²) in [5.41, 5.74) is -0.912. The predicted molar refractivity (Wildman–Crippen MR) is 109 cm³/mol. The fraction of sp³-hybridized carbons (Fsp3) is 0.900. The molecule has 0 atom stereocenters. The molecule has 5 heteroatoms. The molecular formula is C20H44N2O2Ti. The van der Waals surface area contributed by atoms with Crippen LogP contribution in [0.2, 0.25) is 0 Å². The third kappa shape index (κ3) is 51.6. The monoisotopic (exact) mass is 392 g/mol. The van der Waals surface area contributed by atoms with E-state index in [1.807, 2.05) is 12.4 Å². The summed E-state index contributed by atoms with van der Waals surface area (Å²) in [6.07, 6.45) is 5.74. The van der Waals surface area contributed by atoms with Gasteiger partial charge in [0, 0.05) is 0 Å². The normalized spacial score (nSPS) is 12.2. The molecule has 2 N–H and O–H groups in total. The second-order valence-corrected chi connectivity index (χ2v) is 9.23. The van der Waals surface area contributed by atoms with Crippen molar-refractivity contribution in [1.29, 1.82) is 0 Å². The number of hydrogen-bond donors (Lipinski definition) is 2. The van der Waals surface area contributed by atoms with Crippen LogP contribution in [0.4, 0.5) is 0 Å². The number of rotatable bonds is 6. The average molecular weight is 392 g/mol. The molecule has 0 aliphatic carbocycles. The van der Waals surface area contributed by atoms with E-state index in [1.165, 1.54) is 0 Å². The van der Waals surface area contributed by atoms with Crippen LogP contribution in [0.1, 0.15) is 95.9 Å². The van der Waals surface area contributed by atoms with Crippen LogP contribution in [-0.2, 0) is 21.7 Å². The second kappa shape index (κ2) is 14.1. The summed E-state index contributed by atoms with van der Waals surface area (Å²) in [5.74, 6) is 0. The Morgan fingerprint density at radius 2 is 0.760 bits per heavy atom. The topological polar surface area (TPSA) is 68.7 Å². The smallest absolute Gasteiger partial charge is 0.687 e. The SMILES string of the molecule is CC(C)(C)O.CC(C)(C)O.CCC(C)(C)[N-]C=C[N-]C(C)(C)CC.[Ti+2]. The molecule has 0 aromatic heterocycles. The molecule has 0 aliphatic heterocycles. The molecule has 0 rings (SSSR count). The van der Waals surface area contributed by atoms with Crippen LogP contribution in [0.5, 0.6) is 0 Å². The number of nitrogens with zero attached hydrogens (tertiary/aromatic N) is 2. The Hall–Kier alpha value is -0.0257. The molecule has 0 aliphatic rings. The third-order valence-electron chi connectivity index (χ3n) is 2.65. The first-order valence-electron chi connectivity index (χ1n) is 8.87. The summed E-state index contributed by atoms with van der Waals surface area (Å²) < 4.78 is 0. The van der Waals surface area contributed by atoms with E-state index in [-0.39, 0.29) is 32.8 Å². The maximum absolute atomic E-state index is 8.52. The minimum absolute atomic E-state index is 0. The molecule has 150 valence electrons. The molecule has 0 saturated heterocycles. The van der Waals surface area contributed by atoms with Crippen molar-refractivity contribution < 1.29 is 31.9 Å². The Balaban J connectivity index is -0.000000166. The fourth-order valence-corrected chi connectivity index (χ4v) is 0.653. The molecule has 0 bridgehead atoms. The summed E-state index contributed by atoms with van der Waals surface area (Å²) in [7, 11) is 0. The van der Waals surface area contributed by atoms with Crippen LogP contribution < -0.4 is 0 Å². The van der Waals surface area contributed by atoms with Gasteiger partial charge in [0.25, 0.3) is 0 Å². The average Bonchev–Trinajstić information content (AvgIpc) is 2.31. The van der Waals surface area contributed by atoms with Crippen molar-refractivity contribution in [3.63, 3.8) is 0 Å². The molecule has 0 fully saturated rings. The summed E-state index contributed by atoms with van der Waals surface area (Å²) in [5, 5.41) is 25.9. The van der Waals surface area contributed by atoms with Gasteiger partial charge in [0.1, 0.15) is 0 Å². The van der Waals surface area contributed by atoms with E-state index >= 15 is 0 Å². The standard InChI is InChI=1S/C12H24N2.2C4H10O.Ti/c1-7-11(3,4)13-9-10-14-12(5,6)8-2;2*1-4(2,3)5;/h9-10H,7-8H2,1-6H3;2*5H,1-3H3;/q-2;;;+2. The van der Waals surface area contributed by atoms with Gasteiger partial charge in [-0.25, -0.2) is 12.4 Å². The molecule has 0 unspecified atom stereocenters. The summed E-state index contributed by atoms with van der Waals surface area (Å²) in [6, 6.07) is 0. The molecule has 0 radical (unpaired) electrons. The Morgan fingerprint density at radius 1 is 0.600 bits per heavy atom. The quantitative estimate of drug-likeness (QED) is 0.534. The zero-order valence-electron chi connectivity index (χ0n) is 18.9. The zero-order chi connectivity index (χ0) is 20.2. The fourth-order valence-electron chi connectivity index (χ4n) is 0.653. The van der Waals surface area contributed by atoms with Gasteiger partial charge in [0.05, 0.1) is 11.2 Å². The Labute approximate surface area is 173 Å². The molecular weight excluding hydrogens is 348 g/mol. The van der Waals surface area contributed by atoms with Crippen molar-refractivity contribution in [2.75, 3.05) is 0 Å². The van der Waals surface area contributed by atoms with Gasteiger partial charge in [-0.3, -0.25) is 0 Å².